The molecule has 0 radical (unpaired) electrons. The number of rotatable bonds is 5. The van der Waals surface area contributed by atoms with Crippen LogP contribution < -0.4 is 10.6 Å². The molecule has 0 unspecified atom stereocenters. The molecule has 2 N–H and O–H groups in total. The van der Waals surface area contributed by atoms with Crippen LogP contribution in [0.5, 0.6) is 0 Å². The molecule has 180 valence electrons. The number of carbonyl (C=O) groups is 2. The van der Waals surface area contributed by atoms with E-state index < -0.39 is 17.7 Å². The van der Waals surface area contributed by atoms with Crippen molar-refractivity contribution in [2.75, 3.05) is 31.5 Å². The van der Waals surface area contributed by atoms with Gasteiger partial charge in [0.25, 0.3) is 5.79 Å². The summed E-state index contributed by atoms with van der Waals surface area (Å²) in [5.74, 6) is -2.37. The van der Waals surface area contributed by atoms with Gasteiger partial charge in [-0.05, 0) is 67.7 Å². The van der Waals surface area contributed by atoms with E-state index in [2.05, 4.69) is 39.8 Å². The van der Waals surface area contributed by atoms with Crippen molar-refractivity contribution in [2.24, 2.45) is 0 Å². The molecule has 34 heavy (non-hydrogen) atoms. The van der Waals surface area contributed by atoms with Crippen LogP contribution in [0.25, 0.3) is 0 Å². The van der Waals surface area contributed by atoms with Crippen LogP contribution in [0.2, 0.25) is 5.02 Å². The first-order valence-corrected chi connectivity index (χ1v) is 12.4. The first kappa shape index (κ1) is 23.1. The predicted octanol–water partition coefficient (Wildman–Crippen LogP) is 3.73. The summed E-state index contributed by atoms with van der Waals surface area (Å²) in [6.45, 7) is 4.81. The maximum absolute atomic E-state index is 12.3. The molecule has 0 aromatic heterocycles. The zero-order valence-corrected chi connectivity index (χ0v) is 20.0. The van der Waals surface area contributed by atoms with Crippen molar-refractivity contribution in [1.82, 2.24) is 10.2 Å². The van der Waals surface area contributed by atoms with Crippen molar-refractivity contribution in [1.29, 1.82) is 0 Å². The third kappa shape index (κ3) is 4.92. The monoisotopic (exact) mass is 483 g/mol. The van der Waals surface area contributed by atoms with E-state index >= 15 is 0 Å². The fourth-order valence-electron chi connectivity index (χ4n) is 5.02. The van der Waals surface area contributed by atoms with Crippen LogP contribution in [-0.2, 0) is 44.4 Å². The Kier molecular flexibility index (Phi) is 6.77. The first-order chi connectivity index (χ1) is 16.5. The molecule has 2 fully saturated rings. The number of benzene rings is 2. The number of halogens is 1. The number of hydrogen-bond donors (Lipinski definition) is 2. The summed E-state index contributed by atoms with van der Waals surface area (Å²) in [4.78, 5) is 27.1. The molecule has 0 amide bonds. The van der Waals surface area contributed by atoms with Gasteiger partial charge in [0.05, 0.1) is 30.1 Å². The molecule has 2 aromatic carbocycles. The summed E-state index contributed by atoms with van der Waals surface area (Å²) in [5, 5.41) is 7.31. The van der Waals surface area contributed by atoms with Crippen molar-refractivity contribution in [2.45, 2.75) is 51.0 Å². The van der Waals surface area contributed by atoms with Crippen molar-refractivity contribution >= 4 is 29.2 Å². The van der Waals surface area contributed by atoms with E-state index in [1.54, 1.807) is 12.1 Å². The number of fused-ring (bicyclic) bond motifs is 2. The van der Waals surface area contributed by atoms with Gasteiger partial charge in [-0.1, -0.05) is 35.9 Å². The molecule has 1 spiro atoms. The molecule has 2 aromatic rings. The highest BCUT2D eigenvalue weighted by atomic mass is 35.5. The molecule has 5 rings (SSSR count). The summed E-state index contributed by atoms with van der Waals surface area (Å²) in [7, 11) is 0. The fourth-order valence-corrected chi connectivity index (χ4v) is 5.26. The Labute approximate surface area is 204 Å². The molecule has 7 nitrogen and oxygen atoms in total. The molecule has 3 aliphatic rings. The van der Waals surface area contributed by atoms with Crippen LogP contribution >= 0.6 is 11.6 Å². The number of nitrogens with zero attached hydrogens (tertiary/aromatic N) is 1. The Bertz CT molecular complexity index is 1050. The van der Waals surface area contributed by atoms with Crippen LogP contribution in [0.3, 0.4) is 0 Å². The lowest BCUT2D eigenvalue weighted by Gasteiger charge is -2.32. The Morgan fingerprint density at radius 1 is 0.941 bits per heavy atom. The number of anilines is 1. The summed E-state index contributed by atoms with van der Waals surface area (Å²) in [5.41, 5.74) is 4.80. The van der Waals surface area contributed by atoms with Gasteiger partial charge in [0, 0.05) is 18.7 Å². The van der Waals surface area contributed by atoms with E-state index in [1.165, 1.54) is 31.5 Å². The second-order valence-electron chi connectivity index (χ2n) is 9.23. The van der Waals surface area contributed by atoms with Crippen molar-refractivity contribution in [3.63, 3.8) is 0 Å². The van der Waals surface area contributed by atoms with Crippen LogP contribution in [0.1, 0.15) is 47.9 Å². The quantitative estimate of drug-likeness (QED) is 0.627. The molecular formula is C26H30ClN3O4. The third-order valence-corrected chi connectivity index (χ3v) is 7.08. The van der Waals surface area contributed by atoms with Crippen molar-refractivity contribution in [3.05, 3.63) is 63.7 Å². The summed E-state index contributed by atoms with van der Waals surface area (Å²) < 4.78 is 11.4. The molecule has 8 heteroatoms. The molecule has 0 atom stereocenters. The smallest absolute Gasteiger partial charge is 0.309 e. The van der Waals surface area contributed by atoms with Gasteiger partial charge in [0.15, 0.2) is 0 Å². The number of nitrogens with one attached hydrogen (secondary N) is 2. The largest absolute Gasteiger partial charge is 0.416 e. The molecule has 0 saturated carbocycles. The van der Waals surface area contributed by atoms with Gasteiger partial charge in [-0.15, -0.1) is 0 Å². The Hall–Kier alpha value is -2.61. The van der Waals surface area contributed by atoms with Gasteiger partial charge in [-0.3, -0.25) is 14.5 Å². The minimum Gasteiger partial charge on any atom is -0.416 e. The van der Waals surface area contributed by atoms with Crippen LogP contribution in [0.15, 0.2) is 36.4 Å². The SMILES string of the molecule is O=C1CCC(=O)OC2(CNCCc3c2ccc(Cl)c3NCc2ccc(CN3CCCC3)cc2)O1. The third-order valence-electron chi connectivity index (χ3n) is 6.77. The Balaban J connectivity index is 1.37. The standard InChI is InChI=1S/C26H30ClN3O4/c27-22-8-7-21-20(11-12-28-17-26(21)33-23(31)9-10-24(32)34-26)25(22)29-15-18-3-5-19(6-4-18)16-30-13-1-2-14-30/h3-8,28-29H,1-2,9-17H2. The topological polar surface area (TPSA) is 79.9 Å². The van der Waals surface area contributed by atoms with Gasteiger partial charge in [0.2, 0.25) is 0 Å². The summed E-state index contributed by atoms with van der Waals surface area (Å²) in [6.07, 6.45) is 3.27. The van der Waals surface area contributed by atoms with E-state index in [-0.39, 0.29) is 19.4 Å². The van der Waals surface area contributed by atoms with E-state index in [4.69, 9.17) is 21.1 Å². The van der Waals surface area contributed by atoms with Gasteiger partial charge < -0.3 is 20.1 Å². The Morgan fingerprint density at radius 3 is 2.32 bits per heavy atom. The van der Waals surface area contributed by atoms with Gasteiger partial charge in [-0.2, -0.15) is 0 Å². The van der Waals surface area contributed by atoms with Gasteiger partial charge in [-0.25, -0.2) is 0 Å². The molecule has 0 aliphatic carbocycles. The molecule has 0 bridgehead atoms. The molecule has 3 heterocycles. The Morgan fingerprint density at radius 2 is 1.62 bits per heavy atom. The number of carbonyl (C=O) groups excluding carboxylic acids is 2. The summed E-state index contributed by atoms with van der Waals surface area (Å²) >= 11 is 6.61. The number of ether oxygens (including phenoxy) is 2. The normalized spacial score (nSPS) is 20.3. The van der Waals surface area contributed by atoms with E-state index in [9.17, 15) is 9.59 Å². The lowest BCUT2D eigenvalue weighted by Crippen LogP contribution is -2.43. The van der Waals surface area contributed by atoms with Crippen molar-refractivity contribution < 1.29 is 19.1 Å². The first-order valence-electron chi connectivity index (χ1n) is 12.0. The van der Waals surface area contributed by atoms with Gasteiger partial charge in [0.1, 0.15) is 0 Å². The number of hydrogen-bond acceptors (Lipinski definition) is 7. The maximum Gasteiger partial charge on any atom is 0.309 e. The highest BCUT2D eigenvalue weighted by Crippen LogP contribution is 2.40. The second kappa shape index (κ2) is 9.94. The lowest BCUT2D eigenvalue weighted by molar-refractivity contribution is -0.225. The zero-order chi connectivity index (χ0) is 23.5. The van der Waals surface area contributed by atoms with E-state index in [0.717, 1.165) is 23.4 Å². The van der Waals surface area contributed by atoms with E-state index in [1.807, 2.05) is 0 Å². The fraction of sp³-hybridized carbons (Fsp3) is 0.462. The molecular weight excluding hydrogens is 454 g/mol. The number of likely N-dealkylation sites (tertiary alicyclic amines) is 1. The maximum atomic E-state index is 12.3. The molecule has 3 aliphatic heterocycles. The summed E-state index contributed by atoms with van der Waals surface area (Å²) in [6, 6.07) is 12.2. The van der Waals surface area contributed by atoms with Crippen LogP contribution in [0, 0.1) is 0 Å². The lowest BCUT2D eigenvalue weighted by atomic mass is 9.96. The average molecular weight is 484 g/mol. The minimum absolute atomic E-state index is 0.0162. The van der Waals surface area contributed by atoms with Crippen LogP contribution in [0.4, 0.5) is 5.69 Å². The molecule has 2 saturated heterocycles. The van der Waals surface area contributed by atoms with E-state index in [0.29, 0.717) is 30.1 Å². The van der Waals surface area contributed by atoms with Crippen LogP contribution in [-0.4, -0.2) is 43.0 Å². The van der Waals surface area contributed by atoms with Crippen molar-refractivity contribution in [3.8, 4) is 0 Å². The highest BCUT2D eigenvalue weighted by Gasteiger charge is 2.46. The minimum atomic E-state index is -1.48. The van der Waals surface area contributed by atoms with Gasteiger partial charge >= 0.3 is 11.9 Å². The highest BCUT2D eigenvalue weighted by molar-refractivity contribution is 6.33. The number of esters is 2. The zero-order valence-electron chi connectivity index (χ0n) is 19.2. The second-order valence-corrected chi connectivity index (χ2v) is 9.64. The average Bonchev–Trinajstić information content (AvgIpc) is 3.21. The predicted molar refractivity (Wildman–Crippen MR) is 129 cm³/mol.